The number of hydrogen-bond acceptors (Lipinski definition) is 2. The number of rotatable bonds is 2. The van der Waals surface area contributed by atoms with Gasteiger partial charge in [0.2, 0.25) is 0 Å². The van der Waals surface area contributed by atoms with Gasteiger partial charge >= 0.3 is 5.97 Å². The maximum atomic E-state index is 12.9. The Bertz CT molecular complexity index is 990. The van der Waals surface area contributed by atoms with Gasteiger partial charge in [-0.25, -0.2) is 4.79 Å². The molecule has 5 heteroatoms. The fourth-order valence-corrected chi connectivity index (χ4v) is 3.59. The van der Waals surface area contributed by atoms with Crippen molar-refractivity contribution in [3.05, 3.63) is 70.9 Å². The lowest BCUT2D eigenvalue weighted by atomic mass is 9.95. The monoisotopic (exact) mass is 334 g/mol. The lowest BCUT2D eigenvalue weighted by molar-refractivity contribution is -0.142. The number of aryl methyl sites for hydroxylation is 1. The van der Waals surface area contributed by atoms with Crippen molar-refractivity contribution in [2.75, 3.05) is 0 Å². The quantitative estimate of drug-likeness (QED) is 0.756. The average molecular weight is 334 g/mol. The molecule has 0 saturated carbocycles. The Morgan fingerprint density at radius 2 is 1.96 bits per heavy atom. The molecule has 0 bridgehead atoms. The standard InChI is InChI=1S/C20H18N2O3/c1-12-5-4-6-13(9-12)19(23)22-11-17-15(10-18(22)20(24)25)14-7-2-3-8-16(14)21-17/h2-9,18,21H,10-11H2,1H3,(H,24,25). The number of aliphatic carboxylic acids is 1. The number of aromatic amines is 1. The van der Waals surface area contributed by atoms with Crippen LogP contribution in [-0.4, -0.2) is 32.9 Å². The number of para-hydroxylation sites is 1. The molecular weight excluding hydrogens is 316 g/mol. The van der Waals surface area contributed by atoms with E-state index in [1.54, 1.807) is 12.1 Å². The number of hydrogen-bond donors (Lipinski definition) is 2. The molecule has 4 rings (SSSR count). The second kappa shape index (κ2) is 5.77. The predicted molar refractivity (Wildman–Crippen MR) is 94.5 cm³/mol. The molecule has 25 heavy (non-hydrogen) atoms. The maximum absolute atomic E-state index is 12.9. The highest BCUT2D eigenvalue weighted by molar-refractivity contribution is 5.97. The molecule has 5 nitrogen and oxygen atoms in total. The fraction of sp³-hybridized carbons (Fsp3) is 0.200. The van der Waals surface area contributed by atoms with E-state index in [1.165, 1.54) is 4.90 Å². The number of fused-ring (bicyclic) bond motifs is 3. The molecule has 1 aliphatic rings. The highest BCUT2D eigenvalue weighted by atomic mass is 16.4. The Labute approximate surface area is 144 Å². The third-order valence-corrected chi connectivity index (χ3v) is 4.82. The van der Waals surface area contributed by atoms with E-state index in [4.69, 9.17) is 0 Å². The summed E-state index contributed by atoms with van der Waals surface area (Å²) in [6.45, 7) is 2.19. The number of aromatic nitrogens is 1. The normalized spacial score (nSPS) is 16.7. The van der Waals surface area contributed by atoms with Gasteiger partial charge in [0.1, 0.15) is 6.04 Å². The average Bonchev–Trinajstić information content (AvgIpc) is 2.97. The number of H-pyrrole nitrogens is 1. The molecule has 0 fully saturated rings. The number of nitrogens with zero attached hydrogens (tertiary/aromatic N) is 1. The Kier molecular flexibility index (Phi) is 3.57. The predicted octanol–water partition coefficient (Wildman–Crippen LogP) is 3.13. The van der Waals surface area contributed by atoms with Crippen molar-refractivity contribution in [1.82, 2.24) is 9.88 Å². The summed E-state index contributed by atoms with van der Waals surface area (Å²) < 4.78 is 0. The fourth-order valence-electron chi connectivity index (χ4n) is 3.59. The topological polar surface area (TPSA) is 73.4 Å². The molecule has 0 aliphatic carbocycles. The van der Waals surface area contributed by atoms with Crippen molar-refractivity contribution in [2.24, 2.45) is 0 Å². The first kappa shape index (κ1) is 15.4. The van der Waals surface area contributed by atoms with E-state index in [2.05, 4.69) is 4.98 Å². The summed E-state index contributed by atoms with van der Waals surface area (Å²) in [5.74, 6) is -1.22. The molecule has 2 N–H and O–H groups in total. The molecule has 2 heterocycles. The number of carboxylic acid groups (broad SMARTS) is 1. The number of amides is 1. The summed E-state index contributed by atoms with van der Waals surface area (Å²) in [5, 5.41) is 10.7. The maximum Gasteiger partial charge on any atom is 0.326 e. The Hall–Kier alpha value is -3.08. The van der Waals surface area contributed by atoms with Crippen molar-refractivity contribution in [3.8, 4) is 0 Å². The molecule has 0 radical (unpaired) electrons. The van der Waals surface area contributed by atoms with Crippen LogP contribution < -0.4 is 0 Å². The second-order valence-corrected chi connectivity index (χ2v) is 6.49. The van der Waals surface area contributed by atoms with Crippen molar-refractivity contribution >= 4 is 22.8 Å². The SMILES string of the molecule is Cc1cccc(C(=O)N2Cc3[nH]c4ccccc4c3CC2C(=O)O)c1. The minimum Gasteiger partial charge on any atom is -0.480 e. The lowest BCUT2D eigenvalue weighted by Gasteiger charge is -2.33. The third-order valence-electron chi connectivity index (χ3n) is 4.82. The third kappa shape index (κ3) is 2.58. The van der Waals surface area contributed by atoms with Gasteiger partial charge in [0.05, 0.1) is 6.54 Å². The van der Waals surface area contributed by atoms with Crippen LogP contribution in [0.5, 0.6) is 0 Å². The van der Waals surface area contributed by atoms with Crippen molar-refractivity contribution in [3.63, 3.8) is 0 Å². The summed E-state index contributed by atoms with van der Waals surface area (Å²) >= 11 is 0. The van der Waals surface area contributed by atoms with E-state index in [0.29, 0.717) is 12.0 Å². The first-order valence-electron chi connectivity index (χ1n) is 8.23. The zero-order valence-electron chi connectivity index (χ0n) is 13.8. The number of carboxylic acids is 1. The van der Waals surface area contributed by atoms with Gasteiger partial charge < -0.3 is 15.0 Å². The Morgan fingerprint density at radius 3 is 2.72 bits per heavy atom. The molecular formula is C20H18N2O3. The number of nitrogens with one attached hydrogen (secondary N) is 1. The minimum atomic E-state index is -0.975. The molecule has 1 atom stereocenters. The number of carbonyl (C=O) groups excluding carboxylic acids is 1. The van der Waals surface area contributed by atoms with Gasteiger partial charge in [-0.1, -0.05) is 35.9 Å². The van der Waals surface area contributed by atoms with E-state index >= 15 is 0 Å². The van der Waals surface area contributed by atoms with Crippen molar-refractivity contribution in [1.29, 1.82) is 0 Å². The van der Waals surface area contributed by atoms with E-state index in [9.17, 15) is 14.7 Å². The van der Waals surface area contributed by atoms with Crippen LogP contribution >= 0.6 is 0 Å². The zero-order chi connectivity index (χ0) is 17.6. The lowest BCUT2D eigenvalue weighted by Crippen LogP contribution is -2.48. The molecule has 1 aromatic heterocycles. The van der Waals surface area contributed by atoms with Crippen LogP contribution in [0.1, 0.15) is 27.2 Å². The number of benzene rings is 2. The van der Waals surface area contributed by atoms with Gasteiger partial charge in [0.25, 0.3) is 5.91 Å². The van der Waals surface area contributed by atoms with Gasteiger partial charge in [-0.3, -0.25) is 4.79 Å². The van der Waals surface area contributed by atoms with E-state index in [0.717, 1.165) is 27.7 Å². The first-order valence-corrected chi connectivity index (χ1v) is 8.23. The summed E-state index contributed by atoms with van der Waals surface area (Å²) in [6.07, 6.45) is 0.312. The molecule has 1 amide bonds. The van der Waals surface area contributed by atoms with Crippen LogP contribution in [-0.2, 0) is 17.8 Å². The summed E-state index contributed by atoms with van der Waals surface area (Å²) in [4.78, 5) is 29.6. The molecule has 1 unspecified atom stereocenters. The highest BCUT2D eigenvalue weighted by Crippen LogP contribution is 2.31. The Balaban J connectivity index is 1.77. The minimum absolute atomic E-state index is 0.250. The first-order chi connectivity index (χ1) is 12.0. The highest BCUT2D eigenvalue weighted by Gasteiger charge is 2.36. The summed E-state index contributed by atoms with van der Waals surface area (Å²) in [7, 11) is 0. The molecule has 0 saturated heterocycles. The van der Waals surface area contributed by atoms with Crippen LogP contribution in [0.3, 0.4) is 0 Å². The van der Waals surface area contributed by atoms with Gasteiger partial charge in [0, 0.05) is 28.6 Å². The zero-order valence-corrected chi connectivity index (χ0v) is 13.8. The molecule has 0 spiro atoms. The van der Waals surface area contributed by atoms with Crippen molar-refractivity contribution in [2.45, 2.75) is 25.9 Å². The van der Waals surface area contributed by atoms with Crippen LogP contribution in [0.2, 0.25) is 0 Å². The van der Waals surface area contributed by atoms with E-state index < -0.39 is 12.0 Å². The summed E-state index contributed by atoms with van der Waals surface area (Å²) in [5.41, 5.74) is 4.38. The van der Waals surface area contributed by atoms with Gasteiger partial charge in [-0.05, 0) is 30.7 Å². The van der Waals surface area contributed by atoms with Gasteiger partial charge in [-0.15, -0.1) is 0 Å². The van der Waals surface area contributed by atoms with Crippen LogP contribution in [0, 0.1) is 6.92 Å². The molecule has 2 aromatic carbocycles. The molecule has 126 valence electrons. The Morgan fingerprint density at radius 1 is 1.16 bits per heavy atom. The van der Waals surface area contributed by atoms with E-state index in [-0.39, 0.29) is 12.5 Å². The number of carbonyl (C=O) groups is 2. The second-order valence-electron chi connectivity index (χ2n) is 6.49. The van der Waals surface area contributed by atoms with Crippen LogP contribution in [0.4, 0.5) is 0 Å². The van der Waals surface area contributed by atoms with Gasteiger partial charge in [-0.2, -0.15) is 0 Å². The van der Waals surface area contributed by atoms with Crippen LogP contribution in [0.15, 0.2) is 48.5 Å². The van der Waals surface area contributed by atoms with Gasteiger partial charge in [0.15, 0.2) is 0 Å². The van der Waals surface area contributed by atoms with Crippen LogP contribution in [0.25, 0.3) is 10.9 Å². The smallest absolute Gasteiger partial charge is 0.326 e. The van der Waals surface area contributed by atoms with E-state index in [1.807, 2.05) is 43.3 Å². The molecule has 3 aromatic rings. The largest absolute Gasteiger partial charge is 0.480 e. The summed E-state index contributed by atoms with van der Waals surface area (Å²) in [6, 6.07) is 14.2. The molecule has 1 aliphatic heterocycles. The van der Waals surface area contributed by atoms with Crippen molar-refractivity contribution < 1.29 is 14.7 Å².